The van der Waals surface area contributed by atoms with Crippen LogP contribution >= 0.6 is 11.6 Å². The Hall–Kier alpha value is -0.570. The minimum atomic E-state index is 0.555. The molecule has 0 bridgehead atoms. The molecular formula is C13H21ClN2. The third-order valence-electron chi connectivity index (χ3n) is 2.47. The van der Waals surface area contributed by atoms with Gasteiger partial charge in [0.15, 0.2) is 0 Å². The molecule has 0 amide bonds. The standard InChI is InChI=1S/C13H21ClN2/c1-10(2)16-7-6-15-9-12-4-5-13(14)8-11(12)3/h4-5,8,10,15-16H,6-7,9H2,1-3H3. The summed E-state index contributed by atoms with van der Waals surface area (Å²) >= 11 is 5.91. The van der Waals surface area contributed by atoms with Crippen molar-refractivity contribution in [2.24, 2.45) is 0 Å². The van der Waals surface area contributed by atoms with E-state index in [9.17, 15) is 0 Å². The predicted molar refractivity (Wildman–Crippen MR) is 71.0 cm³/mol. The lowest BCUT2D eigenvalue weighted by Gasteiger charge is -2.10. The molecule has 0 radical (unpaired) electrons. The molecule has 3 heteroatoms. The van der Waals surface area contributed by atoms with Gasteiger partial charge in [-0.1, -0.05) is 31.5 Å². The maximum Gasteiger partial charge on any atom is 0.0408 e. The average Bonchev–Trinajstić information content (AvgIpc) is 2.20. The number of nitrogens with one attached hydrogen (secondary N) is 2. The van der Waals surface area contributed by atoms with Gasteiger partial charge >= 0.3 is 0 Å². The van der Waals surface area contributed by atoms with Gasteiger partial charge in [0.25, 0.3) is 0 Å². The van der Waals surface area contributed by atoms with Crippen LogP contribution in [0.15, 0.2) is 18.2 Å². The van der Waals surface area contributed by atoms with Gasteiger partial charge in [-0.15, -0.1) is 0 Å². The summed E-state index contributed by atoms with van der Waals surface area (Å²) in [6.45, 7) is 9.30. The first-order chi connectivity index (χ1) is 7.59. The van der Waals surface area contributed by atoms with Crippen LogP contribution < -0.4 is 10.6 Å². The van der Waals surface area contributed by atoms with Crippen LogP contribution in [0, 0.1) is 6.92 Å². The summed E-state index contributed by atoms with van der Waals surface area (Å²) in [4.78, 5) is 0. The number of rotatable bonds is 6. The normalized spacial score (nSPS) is 11.1. The van der Waals surface area contributed by atoms with Crippen molar-refractivity contribution in [3.8, 4) is 0 Å². The summed E-state index contributed by atoms with van der Waals surface area (Å²) in [6.07, 6.45) is 0. The maximum absolute atomic E-state index is 5.91. The summed E-state index contributed by atoms with van der Waals surface area (Å²) in [5, 5.41) is 7.59. The second kappa shape index (κ2) is 6.89. The maximum atomic E-state index is 5.91. The van der Waals surface area contributed by atoms with Gasteiger partial charge in [0.05, 0.1) is 0 Å². The summed E-state index contributed by atoms with van der Waals surface area (Å²) in [7, 11) is 0. The van der Waals surface area contributed by atoms with Crippen molar-refractivity contribution in [2.75, 3.05) is 13.1 Å². The lowest BCUT2D eigenvalue weighted by molar-refractivity contribution is 0.555. The molecule has 0 aromatic heterocycles. The third-order valence-corrected chi connectivity index (χ3v) is 2.71. The highest BCUT2D eigenvalue weighted by atomic mass is 35.5. The van der Waals surface area contributed by atoms with Crippen molar-refractivity contribution in [1.29, 1.82) is 0 Å². The Labute approximate surface area is 103 Å². The molecule has 2 N–H and O–H groups in total. The Morgan fingerprint density at radius 3 is 2.62 bits per heavy atom. The van der Waals surface area contributed by atoms with E-state index < -0.39 is 0 Å². The van der Waals surface area contributed by atoms with Crippen LogP contribution in [0.2, 0.25) is 5.02 Å². The summed E-state index contributed by atoms with van der Waals surface area (Å²) in [5.74, 6) is 0. The van der Waals surface area contributed by atoms with E-state index in [-0.39, 0.29) is 0 Å². The summed E-state index contributed by atoms with van der Waals surface area (Å²) < 4.78 is 0. The molecule has 0 aliphatic rings. The number of aryl methyl sites for hydroxylation is 1. The van der Waals surface area contributed by atoms with Crippen LogP contribution in [0.3, 0.4) is 0 Å². The molecular weight excluding hydrogens is 220 g/mol. The summed E-state index contributed by atoms with van der Waals surface area (Å²) in [6, 6.07) is 6.59. The van der Waals surface area contributed by atoms with E-state index in [0.29, 0.717) is 6.04 Å². The molecule has 1 aromatic rings. The van der Waals surface area contributed by atoms with Gasteiger partial charge < -0.3 is 10.6 Å². The van der Waals surface area contributed by atoms with Crippen LogP contribution in [0.5, 0.6) is 0 Å². The van der Waals surface area contributed by atoms with Gasteiger partial charge in [-0.2, -0.15) is 0 Å². The topological polar surface area (TPSA) is 24.1 Å². The molecule has 0 unspecified atom stereocenters. The Bertz CT molecular complexity index is 324. The van der Waals surface area contributed by atoms with Gasteiger partial charge in [0.1, 0.15) is 0 Å². The van der Waals surface area contributed by atoms with Crippen LogP contribution in [0.1, 0.15) is 25.0 Å². The minimum Gasteiger partial charge on any atom is -0.313 e. The van der Waals surface area contributed by atoms with E-state index >= 15 is 0 Å². The van der Waals surface area contributed by atoms with Crippen molar-refractivity contribution in [1.82, 2.24) is 10.6 Å². The second-order valence-corrected chi connectivity index (χ2v) is 4.79. The summed E-state index contributed by atoms with van der Waals surface area (Å²) in [5.41, 5.74) is 2.56. The lowest BCUT2D eigenvalue weighted by Crippen LogP contribution is -2.31. The third kappa shape index (κ3) is 4.97. The molecule has 0 atom stereocenters. The first-order valence-electron chi connectivity index (χ1n) is 5.78. The van der Waals surface area contributed by atoms with E-state index in [0.717, 1.165) is 24.7 Å². The Balaban J connectivity index is 2.27. The predicted octanol–water partition coefficient (Wildman–Crippen LogP) is 2.74. The first kappa shape index (κ1) is 13.5. The fourth-order valence-electron chi connectivity index (χ4n) is 1.53. The molecule has 1 rings (SSSR count). The molecule has 0 heterocycles. The Morgan fingerprint density at radius 1 is 1.25 bits per heavy atom. The van der Waals surface area contributed by atoms with E-state index in [4.69, 9.17) is 11.6 Å². The average molecular weight is 241 g/mol. The molecule has 0 fully saturated rings. The van der Waals surface area contributed by atoms with Gasteiger partial charge in [0, 0.05) is 30.7 Å². The molecule has 0 saturated carbocycles. The molecule has 90 valence electrons. The highest BCUT2D eigenvalue weighted by Gasteiger charge is 1.98. The van der Waals surface area contributed by atoms with Crippen LogP contribution in [0.4, 0.5) is 0 Å². The van der Waals surface area contributed by atoms with Crippen LogP contribution in [0.25, 0.3) is 0 Å². The van der Waals surface area contributed by atoms with Crippen molar-refractivity contribution in [3.05, 3.63) is 34.3 Å². The molecule has 0 saturated heterocycles. The fraction of sp³-hybridized carbons (Fsp3) is 0.538. The highest BCUT2D eigenvalue weighted by molar-refractivity contribution is 6.30. The Morgan fingerprint density at radius 2 is 2.00 bits per heavy atom. The molecule has 16 heavy (non-hydrogen) atoms. The van der Waals surface area contributed by atoms with Crippen molar-refractivity contribution < 1.29 is 0 Å². The Kier molecular flexibility index (Phi) is 5.81. The zero-order valence-corrected chi connectivity index (χ0v) is 11.1. The van der Waals surface area contributed by atoms with E-state index in [1.807, 2.05) is 12.1 Å². The number of hydrogen-bond acceptors (Lipinski definition) is 2. The van der Waals surface area contributed by atoms with Crippen LogP contribution in [-0.4, -0.2) is 19.1 Å². The smallest absolute Gasteiger partial charge is 0.0408 e. The van der Waals surface area contributed by atoms with Crippen molar-refractivity contribution in [2.45, 2.75) is 33.4 Å². The highest BCUT2D eigenvalue weighted by Crippen LogP contribution is 2.14. The van der Waals surface area contributed by atoms with Crippen molar-refractivity contribution in [3.63, 3.8) is 0 Å². The van der Waals surface area contributed by atoms with Gasteiger partial charge in [0.2, 0.25) is 0 Å². The zero-order valence-electron chi connectivity index (χ0n) is 10.3. The van der Waals surface area contributed by atoms with Gasteiger partial charge in [-0.25, -0.2) is 0 Å². The monoisotopic (exact) mass is 240 g/mol. The largest absolute Gasteiger partial charge is 0.313 e. The zero-order chi connectivity index (χ0) is 12.0. The van der Waals surface area contributed by atoms with E-state index in [1.54, 1.807) is 0 Å². The SMILES string of the molecule is Cc1cc(Cl)ccc1CNCCNC(C)C. The molecule has 0 aliphatic heterocycles. The molecule has 2 nitrogen and oxygen atoms in total. The molecule has 1 aromatic carbocycles. The number of hydrogen-bond donors (Lipinski definition) is 2. The number of benzene rings is 1. The minimum absolute atomic E-state index is 0.555. The van der Waals surface area contributed by atoms with Gasteiger partial charge in [-0.3, -0.25) is 0 Å². The van der Waals surface area contributed by atoms with Crippen LogP contribution in [-0.2, 0) is 6.54 Å². The van der Waals surface area contributed by atoms with E-state index in [2.05, 4.69) is 37.5 Å². The first-order valence-corrected chi connectivity index (χ1v) is 6.16. The quantitative estimate of drug-likeness (QED) is 0.748. The molecule has 0 aliphatic carbocycles. The van der Waals surface area contributed by atoms with Crippen molar-refractivity contribution >= 4 is 11.6 Å². The molecule has 0 spiro atoms. The fourth-order valence-corrected chi connectivity index (χ4v) is 1.76. The van der Waals surface area contributed by atoms with E-state index in [1.165, 1.54) is 11.1 Å². The number of halogens is 1. The lowest BCUT2D eigenvalue weighted by atomic mass is 10.1. The van der Waals surface area contributed by atoms with Gasteiger partial charge in [-0.05, 0) is 30.2 Å². The second-order valence-electron chi connectivity index (χ2n) is 4.36.